The molecule has 7 rings (SSSR count). The number of nitrogens with zero attached hydrogens (tertiary/aromatic N) is 6. The molecule has 1 aliphatic rings. The summed E-state index contributed by atoms with van der Waals surface area (Å²) in [7, 11) is 0.310. The number of amides is 1. The highest BCUT2D eigenvalue weighted by atomic mass is 35.5. The van der Waals surface area contributed by atoms with Crippen molar-refractivity contribution in [2.24, 2.45) is 14.1 Å². The van der Waals surface area contributed by atoms with Gasteiger partial charge in [-0.05, 0) is 69.3 Å². The number of methoxy groups -OCH3 is 1. The maximum Gasteiger partial charge on any atom is 0.412 e. The maximum absolute atomic E-state index is 15.0. The van der Waals surface area contributed by atoms with E-state index >= 15 is 0 Å². The van der Waals surface area contributed by atoms with Gasteiger partial charge in [-0.3, -0.25) is 19.2 Å². The predicted molar refractivity (Wildman–Crippen MR) is 222 cm³/mol. The monoisotopic (exact) mass is 923 g/mol. The Hall–Kier alpha value is -6.00. The zero-order valence-corrected chi connectivity index (χ0v) is 35.7. The molecule has 1 fully saturated rings. The molecule has 6 aromatic rings. The van der Waals surface area contributed by atoms with Crippen LogP contribution in [0, 0.1) is 23.3 Å². The summed E-state index contributed by atoms with van der Waals surface area (Å²) in [5.41, 5.74) is -2.21. The number of carbonyl (C=O) groups is 1. The largest absolute Gasteiger partial charge is 0.465 e. The second-order valence-corrected chi connectivity index (χ2v) is 17.0. The number of nitrogens with one attached hydrogen (secondary N) is 1. The number of ether oxygens (including phenoxy) is 3. The van der Waals surface area contributed by atoms with Gasteiger partial charge in [-0.15, -0.1) is 0 Å². The van der Waals surface area contributed by atoms with Crippen LogP contribution in [0.4, 0.5) is 33.7 Å². The third-order valence-corrected chi connectivity index (χ3v) is 11.5. The lowest BCUT2D eigenvalue weighted by Gasteiger charge is -2.36. The smallest absolute Gasteiger partial charge is 0.412 e. The summed E-state index contributed by atoms with van der Waals surface area (Å²) in [4.78, 5) is 45.2. The van der Waals surface area contributed by atoms with Crippen molar-refractivity contribution in [1.82, 2.24) is 23.4 Å². The van der Waals surface area contributed by atoms with Crippen LogP contribution in [0.25, 0.3) is 21.8 Å². The zero-order chi connectivity index (χ0) is 45.6. The molecule has 4 aromatic carbocycles. The topological polar surface area (TPSA) is 187 Å². The van der Waals surface area contributed by atoms with Crippen molar-refractivity contribution < 1.29 is 50.1 Å². The van der Waals surface area contributed by atoms with Crippen LogP contribution >= 0.6 is 23.2 Å². The number of benzene rings is 4. The molecule has 1 aliphatic heterocycles. The Morgan fingerprint density at radius 2 is 1.27 bits per heavy atom. The number of anilines is 2. The summed E-state index contributed by atoms with van der Waals surface area (Å²) in [5, 5.41) is 8.14. The van der Waals surface area contributed by atoms with E-state index in [2.05, 4.69) is 14.7 Å². The molecule has 0 unspecified atom stereocenters. The van der Waals surface area contributed by atoms with E-state index in [1.807, 2.05) is 0 Å². The van der Waals surface area contributed by atoms with Crippen LogP contribution in [0.15, 0.2) is 70.8 Å². The number of hydrogen-bond acceptors (Lipinski definition) is 10. The summed E-state index contributed by atoms with van der Waals surface area (Å²) in [5.74, 6) is -6.08. The van der Waals surface area contributed by atoms with Crippen molar-refractivity contribution in [2.45, 2.75) is 32.4 Å². The minimum atomic E-state index is -3.98. The fourth-order valence-corrected chi connectivity index (χ4v) is 7.92. The molecule has 16 nitrogen and oxygen atoms in total. The van der Waals surface area contributed by atoms with Crippen molar-refractivity contribution >= 4 is 72.7 Å². The van der Waals surface area contributed by atoms with Gasteiger partial charge >= 0.3 is 16.3 Å². The van der Waals surface area contributed by atoms with Crippen molar-refractivity contribution in [1.29, 1.82) is 0 Å². The number of rotatable bonds is 9. The summed E-state index contributed by atoms with van der Waals surface area (Å²) in [6.45, 7) is 5.20. The van der Waals surface area contributed by atoms with Crippen LogP contribution in [0.5, 0.6) is 23.0 Å². The van der Waals surface area contributed by atoms with Crippen LogP contribution in [0.3, 0.4) is 0 Å². The van der Waals surface area contributed by atoms with Gasteiger partial charge in [0.2, 0.25) is 0 Å². The van der Waals surface area contributed by atoms with Gasteiger partial charge in [-0.25, -0.2) is 32.3 Å². The highest BCUT2D eigenvalue weighted by molar-refractivity contribution is 7.90. The van der Waals surface area contributed by atoms with E-state index in [9.17, 15) is 45.5 Å². The molecule has 2 aromatic heterocycles. The lowest BCUT2D eigenvalue weighted by Crippen LogP contribution is -2.55. The van der Waals surface area contributed by atoms with E-state index in [1.54, 1.807) is 20.8 Å². The average Bonchev–Trinajstić information content (AvgIpc) is 3.17. The molecule has 3 heterocycles. The highest BCUT2D eigenvalue weighted by Crippen LogP contribution is 2.43. The van der Waals surface area contributed by atoms with Crippen molar-refractivity contribution in [2.75, 3.05) is 29.8 Å². The van der Waals surface area contributed by atoms with Crippen LogP contribution in [-0.2, 0) is 29.0 Å². The summed E-state index contributed by atoms with van der Waals surface area (Å²) in [6.07, 6.45) is 0.960. The van der Waals surface area contributed by atoms with Gasteiger partial charge < -0.3 is 28.5 Å². The lowest BCUT2D eigenvalue weighted by atomic mass is 10.1. The normalized spacial score (nSPS) is 13.4. The summed E-state index contributed by atoms with van der Waals surface area (Å²) in [6, 6.07) is 9.25. The SMILES string of the molecule is COC1CN(S(=O)(=O)Nc2ccc(F)c(Oc3ccc4ncn(C)c(=O)c4c3F)c2Cl)C1.Cn1cnc2ccc(Oc3c(F)ccc(N(C(=O)O)C(C)(C)C)c3Cl)c(F)c2c1=O. The molecule has 0 bridgehead atoms. The Labute approximate surface area is 359 Å². The van der Waals surface area contributed by atoms with Gasteiger partial charge in [0, 0.05) is 39.8 Å². The molecule has 23 heteroatoms. The third kappa shape index (κ3) is 8.84. The molecule has 328 valence electrons. The second-order valence-electron chi connectivity index (χ2n) is 14.6. The average molecular weight is 925 g/mol. The van der Waals surface area contributed by atoms with Crippen LogP contribution < -0.4 is 30.2 Å². The Kier molecular flexibility index (Phi) is 12.8. The van der Waals surface area contributed by atoms with E-state index in [0.29, 0.717) is 0 Å². The van der Waals surface area contributed by atoms with Crippen LogP contribution in [0.2, 0.25) is 10.0 Å². The molecule has 1 saturated heterocycles. The van der Waals surface area contributed by atoms with Crippen molar-refractivity contribution in [3.63, 3.8) is 0 Å². The number of aromatic nitrogens is 4. The van der Waals surface area contributed by atoms with Gasteiger partial charge in [0.15, 0.2) is 46.3 Å². The Morgan fingerprint density at radius 3 is 1.73 bits per heavy atom. The first-order valence-corrected chi connectivity index (χ1v) is 20.2. The van der Waals surface area contributed by atoms with E-state index in [-0.39, 0.29) is 57.4 Å². The first kappa shape index (κ1) is 45.5. The Balaban J connectivity index is 0.000000207. The van der Waals surface area contributed by atoms with Gasteiger partial charge in [0.25, 0.3) is 11.1 Å². The number of carboxylic acid groups (broad SMARTS) is 1. The van der Waals surface area contributed by atoms with Crippen molar-refractivity contribution in [3.05, 3.63) is 115 Å². The first-order chi connectivity index (χ1) is 29.0. The standard InChI is InChI=1S/C20H18ClF2N3O4.C19H17ClF2N4O5S/c1-20(2,3)26(19(28)29)12-7-5-10(22)17(15(12)21)30-13-8-6-11-14(16(13)23)18(27)25(4)9-24-11;1-25-9-23-12-5-6-14(17(22)15(12)19(25)27)31-18-11(21)3-4-13(16(18)20)24-32(28,29)26-7-10(8-26)30-2/h5-9H,1-4H3,(H,28,29);3-6,9-10,24H,7-8H2,1-2H3. The van der Waals surface area contributed by atoms with Crippen LogP contribution in [-0.4, -0.2) is 74.9 Å². The van der Waals surface area contributed by atoms with Crippen LogP contribution in [0.1, 0.15) is 20.8 Å². The third-order valence-electron chi connectivity index (χ3n) is 9.31. The molecule has 62 heavy (non-hydrogen) atoms. The molecule has 0 radical (unpaired) electrons. The predicted octanol–water partition coefficient (Wildman–Crippen LogP) is 7.59. The second kappa shape index (κ2) is 17.4. The van der Waals surface area contributed by atoms with Crippen molar-refractivity contribution in [3.8, 4) is 23.0 Å². The minimum absolute atomic E-state index is 0.0353. The number of fused-ring (bicyclic) bond motifs is 2. The molecule has 0 aliphatic carbocycles. The molecule has 0 atom stereocenters. The van der Waals surface area contributed by atoms with Gasteiger partial charge in [0.1, 0.15) is 20.8 Å². The Morgan fingerprint density at radius 1 is 0.806 bits per heavy atom. The quantitative estimate of drug-likeness (QED) is 0.136. The van der Waals surface area contributed by atoms with Gasteiger partial charge in [-0.1, -0.05) is 23.2 Å². The number of aryl methyl sites for hydroxylation is 2. The number of halogens is 6. The van der Waals surface area contributed by atoms with Gasteiger partial charge in [-0.2, -0.15) is 12.7 Å². The molecule has 0 spiro atoms. The van der Waals surface area contributed by atoms with E-state index < -0.39 is 84.2 Å². The fraction of sp³-hybridized carbons (Fsp3) is 0.256. The Bertz CT molecular complexity index is 3000. The summed E-state index contributed by atoms with van der Waals surface area (Å²) < 4.78 is 105. The fourth-order valence-electron chi connectivity index (χ4n) is 6.04. The first-order valence-electron chi connectivity index (χ1n) is 18.0. The molecular weight excluding hydrogens is 889 g/mol. The lowest BCUT2D eigenvalue weighted by molar-refractivity contribution is 0.0128. The molecule has 0 saturated carbocycles. The van der Waals surface area contributed by atoms with Gasteiger partial charge in [0.05, 0.1) is 41.2 Å². The molecule has 1 amide bonds. The number of hydrogen-bond donors (Lipinski definition) is 2. The highest BCUT2D eigenvalue weighted by Gasteiger charge is 2.37. The molecular formula is C39H35Cl2F4N7O9S. The zero-order valence-electron chi connectivity index (χ0n) is 33.3. The minimum Gasteiger partial charge on any atom is -0.465 e. The molecule has 2 N–H and O–H groups in total. The summed E-state index contributed by atoms with van der Waals surface area (Å²) >= 11 is 12.4. The van der Waals surface area contributed by atoms with E-state index in [1.165, 1.54) is 64.2 Å². The van der Waals surface area contributed by atoms with E-state index in [4.69, 9.17) is 37.4 Å². The maximum atomic E-state index is 15.0. The van der Waals surface area contributed by atoms with E-state index in [0.717, 1.165) is 36.5 Å².